The lowest BCUT2D eigenvalue weighted by molar-refractivity contribution is -0.266. The molecule has 7 heteroatoms. The monoisotopic (exact) mass is 291 g/mol. The first-order valence-corrected chi connectivity index (χ1v) is 7.38. The van der Waals surface area contributed by atoms with Crippen molar-refractivity contribution in [2.75, 3.05) is 18.0 Å². The van der Waals surface area contributed by atoms with Crippen molar-refractivity contribution in [3.8, 4) is 0 Å². The van der Waals surface area contributed by atoms with E-state index in [2.05, 4.69) is 14.9 Å². The number of fused-ring (bicyclic) bond motifs is 1. The van der Waals surface area contributed by atoms with Gasteiger partial charge in [-0.3, -0.25) is 0 Å². The Balaban J connectivity index is 1.97. The molecule has 1 fully saturated rings. The Morgan fingerprint density at radius 3 is 2.70 bits per heavy atom. The number of aromatic nitrogens is 2. The van der Waals surface area contributed by atoms with Gasteiger partial charge in [0.05, 0.1) is 5.39 Å². The maximum atomic E-state index is 11.0. The van der Waals surface area contributed by atoms with Crippen LogP contribution in [0.3, 0.4) is 0 Å². The molecule has 1 saturated heterocycles. The minimum Gasteiger partial charge on any atom is -0.530 e. The summed E-state index contributed by atoms with van der Waals surface area (Å²) in [6.45, 7) is 4.88. The molecule has 0 aliphatic carbocycles. The molecule has 2 unspecified atom stereocenters. The van der Waals surface area contributed by atoms with E-state index < -0.39 is 6.09 Å². The highest BCUT2D eigenvalue weighted by molar-refractivity contribution is 7.16. The van der Waals surface area contributed by atoms with E-state index in [1.807, 2.05) is 25.3 Å². The van der Waals surface area contributed by atoms with Gasteiger partial charge in [-0.25, -0.2) is 9.97 Å². The van der Waals surface area contributed by atoms with Gasteiger partial charge < -0.3 is 19.7 Å². The first kappa shape index (κ1) is 13.1. The molecule has 0 aromatic carbocycles. The van der Waals surface area contributed by atoms with E-state index in [0.717, 1.165) is 16.0 Å². The van der Waals surface area contributed by atoms with Crippen LogP contribution in [0.4, 0.5) is 10.6 Å². The third-order valence-electron chi connectivity index (χ3n) is 3.66. The minimum absolute atomic E-state index is 0.0506. The van der Waals surface area contributed by atoms with Crippen molar-refractivity contribution < 1.29 is 9.90 Å². The fourth-order valence-electron chi connectivity index (χ4n) is 2.87. The summed E-state index contributed by atoms with van der Waals surface area (Å²) in [6.07, 6.45) is 0.463. The molecule has 3 heterocycles. The number of anilines is 1. The van der Waals surface area contributed by atoms with E-state index in [0.29, 0.717) is 13.1 Å². The van der Waals surface area contributed by atoms with Gasteiger partial charge in [-0.2, -0.15) is 0 Å². The highest BCUT2D eigenvalue weighted by Crippen LogP contribution is 2.31. The molecule has 0 spiro atoms. The van der Waals surface area contributed by atoms with Gasteiger partial charge in [-0.05, 0) is 25.3 Å². The van der Waals surface area contributed by atoms with Gasteiger partial charge in [0.25, 0.3) is 0 Å². The Labute approximate surface area is 120 Å². The second-order valence-electron chi connectivity index (χ2n) is 5.11. The fourth-order valence-corrected chi connectivity index (χ4v) is 3.60. The maximum Gasteiger partial charge on any atom is 0.141 e. The third kappa shape index (κ3) is 2.07. The molecule has 6 nitrogen and oxygen atoms in total. The van der Waals surface area contributed by atoms with Crippen LogP contribution in [-0.2, 0) is 0 Å². The first-order valence-electron chi connectivity index (χ1n) is 6.50. The Morgan fingerprint density at radius 2 is 2.05 bits per heavy atom. The van der Waals surface area contributed by atoms with Crippen LogP contribution in [0.25, 0.3) is 10.2 Å². The predicted molar refractivity (Wildman–Crippen MR) is 75.8 cm³/mol. The van der Waals surface area contributed by atoms with Crippen LogP contribution in [0.5, 0.6) is 0 Å². The summed E-state index contributed by atoms with van der Waals surface area (Å²) in [7, 11) is 0. The van der Waals surface area contributed by atoms with Gasteiger partial charge in [-0.15, -0.1) is 11.3 Å². The summed E-state index contributed by atoms with van der Waals surface area (Å²) in [6, 6.07) is 2.11. The largest absolute Gasteiger partial charge is 0.530 e. The molecular weight excluding hydrogens is 276 g/mol. The number of hydrogen-bond acceptors (Lipinski definition) is 6. The lowest BCUT2D eigenvalue weighted by Crippen LogP contribution is -2.60. The average molecular weight is 291 g/mol. The van der Waals surface area contributed by atoms with Crippen LogP contribution in [0.2, 0.25) is 0 Å². The number of nitrogens with zero attached hydrogens (tertiary/aromatic N) is 4. The molecule has 20 heavy (non-hydrogen) atoms. The molecular formula is C13H15N4O2S-. The molecule has 0 radical (unpaired) electrons. The van der Waals surface area contributed by atoms with E-state index in [1.54, 1.807) is 17.7 Å². The summed E-state index contributed by atoms with van der Waals surface area (Å²) >= 11 is 1.58. The normalized spacial score (nSPS) is 23.3. The quantitative estimate of drug-likeness (QED) is 0.781. The lowest BCUT2D eigenvalue weighted by atomic mass is 10.1. The maximum absolute atomic E-state index is 11.0. The van der Waals surface area contributed by atoms with Crippen LogP contribution in [-0.4, -0.2) is 46.1 Å². The number of carboxylic acid groups (broad SMARTS) is 1. The summed E-state index contributed by atoms with van der Waals surface area (Å²) in [4.78, 5) is 24.2. The molecule has 3 rings (SSSR count). The van der Waals surface area contributed by atoms with E-state index in [4.69, 9.17) is 0 Å². The van der Waals surface area contributed by atoms with E-state index in [9.17, 15) is 9.90 Å². The third-order valence-corrected chi connectivity index (χ3v) is 4.48. The van der Waals surface area contributed by atoms with Crippen LogP contribution in [0.15, 0.2) is 17.8 Å². The second-order valence-corrected chi connectivity index (χ2v) is 6.01. The number of rotatable bonds is 1. The highest BCUT2D eigenvalue weighted by atomic mass is 32.1. The molecule has 0 bridgehead atoms. The van der Waals surface area contributed by atoms with E-state index in [1.165, 1.54) is 4.90 Å². The van der Waals surface area contributed by atoms with Crippen LogP contribution in [0.1, 0.15) is 13.8 Å². The smallest absolute Gasteiger partial charge is 0.141 e. The van der Waals surface area contributed by atoms with Crippen molar-refractivity contribution in [1.29, 1.82) is 0 Å². The molecule has 106 valence electrons. The Morgan fingerprint density at radius 1 is 1.35 bits per heavy atom. The number of thiophene rings is 1. The van der Waals surface area contributed by atoms with Gasteiger partial charge in [0.1, 0.15) is 23.1 Å². The highest BCUT2D eigenvalue weighted by Gasteiger charge is 2.31. The van der Waals surface area contributed by atoms with Crippen LogP contribution < -0.4 is 10.0 Å². The van der Waals surface area contributed by atoms with E-state index >= 15 is 0 Å². The molecule has 0 saturated carbocycles. The van der Waals surface area contributed by atoms with E-state index in [-0.39, 0.29) is 12.1 Å². The lowest BCUT2D eigenvalue weighted by Gasteiger charge is -2.46. The molecule has 1 amide bonds. The van der Waals surface area contributed by atoms with Crippen molar-refractivity contribution in [2.24, 2.45) is 0 Å². The second kappa shape index (κ2) is 4.90. The molecule has 0 N–H and O–H groups in total. The number of carbonyl (C=O) groups is 1. The zero-order valence-corrected chi connectivity index (χ0v) is 12.1. The SMILES string of the molecule is CC1CN(C(=O)[O-])CC(C)N1c1ncnc2sccc12. The van der Waals surface area contributed by atoms with Crippen molar-refractivity contribution in [3.63, 3.8) is 0 Å². The Hall–Kier alpha value is -1.89. The Kier molecular flexibility index (Phi) is 3.21. The number of hydrogen-bond donors (Lipinski definition) is 0. The zero-order chi connectivity index (χ0) is 14.3. The van der Waals surface area contributed by atoms with Gasteiger partial charge in [-0.1, -0.05) is 0 Å². The average Bonchev–Trinajstić information content (AvgIpc) is 2.86. The predicted octanol–water partition coefficient (Wildman–Crippen LogP) is 0.934. The van der Waals surface area contributed by atoms with Gasteiger partial charge in [0, 0.05) is 25.2 Å². The topological polar surface area (TPSA) is 72.4 Å². The Bertz CT molecular complexity index is 632. The minimum atomic E-state index is -1.10. The summed E-state index contributed by atoms with van der Waals surface area (Å²) in [5, 5.41) is 14.1. The van der Waals surface area contributed by atoms with Crippen LogP contribution >= 0.6 is 11.3 Å². The van der Waals surface area contributed by atoms with Crippen molar-refractivity contribution in [3.05, 3.63) is 17.8 Å². The van der Waals surface area contributed by atoms with Crippen molar-refractivity contribution in [1.82, 2.24) is 14.9 Å². The first-order chi connectivity index (χ1) is 9.58. The molecule has 1 aliphatic rings. The summed E-state index contributed by atoms with van der Waals surface area (Å²) < 4.78 is 0. The van der Waals surface area contributed by atoms with Crippen molar-refractivity contribution >= 4 is 33.5 Å². The summed E-state index contributed by atoms with van der Waals surface area (Å²) in [5.41, 5.74) is 0. The van der Waals surface area contributed by atoms with Crippen molar-refractivity contribution in [2.45, 2.75) is 25.9 Å². The number of carbonyl (C=O) groups excluding carboxylic acids is 1. The number of piperazine rings is 1. The van der Waals surface area contributed by atoms with Crippen LogP contribution in [0, 0.1) is 0 Å². The van der Waals surface area contributed by atoms with Gasteiger partial charge >= 0.3 is 0 Å². The summed E-state index contributed by atoms with van der Waals surface area (Å²) in [5.74, 6) is 0.884. The fraction of sp³-hybridized carbons (Fsp3) is 0.462. The zero-order valence-electron chi connectivity index (χ0n) is 11.3. The molecule has 2 aromatic heterocycles. The standard InChI is InChI=1S/C13H16N4O2S/c1-8-5-16(13(18)19)6-9(2)17(8)11-10-3-4-20-12(10)15-7-14-11/h3-4,7-9H,5-6H2,1-2H3,(H,18,19)/p-1. The number of amides is 1. The molecule has 1 aliphatic heterocycles. The molecule has 2 aromatic rings. The molecule has 2 atom stereocenters. The van der Waals surface area contributed by atoms with Gasteiger partial charge in [0.2, 0.25) is 0 Å². The van der Waals surface area contributed by atoms with Gasteiger partial charge in [0.15, 0.2) is 0 Å².